The zero-order valence-corrected chi connectivity index (χ0v) is 30.6. The molecule has 7 unspecified atom stereocenters. The molecule has 0 bridgehead atoms. The first kappa shape index (κ1) is 45.4. The molecule has 1 aliphatic rings. The van der Waals surface area contributed by atoms with E-state index >= 15 is 0 Å². The van der Waals surface area contributed by atoms with Gasteiger partial charge < -0.3 is 40.3 Å². The highest BCUT2D eigenvalue weighted by atomic mass is 16.7. The number of carbonyl (C=O) groups is 1. The van der Waals surface area contributed by atoms with Gasteiger partial charge >= 0.3 is 0 Å². The van der Waals surface area contributed by atoms with Crippen molar-refractivity contribution < 1.29 is 39.8 Å². The van der Waals surface area contributed by atoms with Crippen LogP contribution < -0.4 is 5.32 Å². The molecule has 0 aromatic carbocycles. The normalized spacial score (nSPS) is 23.2. The fourth-order valence-electron chi connectivity index (χ4n) is 5.20. The molecule has 1 fully saturated rings. The van der Waals surface area contributed by atoms with Crippen molar-refractivity contribution in [1.82, 2.24) is 5.32 Å². The van der Waals surface area contributed by atoms with Crippen molar-refractivity contribution in [2.75, 3.05) is 13.2 Å². The summed E-state index contributed by atoms with van der Waals surface area (Å²) in [7, 11) is 0. The molecule has 0 aromatic heterocycles. The first-order valence-corrected chi connectivity index (χ1v) is 18.8. The summed E-state index contributed by atoms with van der Waals surface area (Å²) in [6.45, 7) is 3.51. The van der Waals surface area contributed by atoms with E-state index in [-0.39, 0.29) is 18.9 Å². The van der Waals surface area contributed by atoms with Crippen molar-refractivity contribution in [1.29, 1.82) is 0 Å². The Balaban J connectivity index is 2.31. The van der Waals surface area contributed by atoms with E-state index in [1.807, 2.05) is 0 Å². The molecule has 0 saturated carbocycles. The van der Waals surface area contributed by atoms with Crippen molar-refractivity contribution in [3.05, 3.63) is 85.1 Å². The molecule has 50 heavy (non-hydrogen) atoms. The van der Waals surface area contributed by atoms with Gasteiger partial charge in [-0.1, -0.05) is 125 Å². The lowest BCUT2D eigenvalue weighted by molar-refractivity contribution is -0.302. The van der Waals surface area contributed by atoms with E-state index in [9.17, 15) is 30.3 Å². The number of hydrogen-bond donors (Lipinski definition) is 6. The molecule has 1 saturated heterocycles. The molecule has 7 atom stereocenters. The predicted octanol–water partition coefficient (Wildman–Crippen LogP) is 6.43. The molecular weight excluding hydrogens is 634 g/mol. The van der Waals surface area contributed by atoms with E-state index in [0.717, 1.165) is 77.0 Å². The molecule has 1 amide bonds. The van der Waals surface area contributed by atoms with Crippen LogP contribution in [-0.2, 0) is 14.3 Å². The second kappa shape index (κ2) is 31.1. The highest BCUT2D eigenvalue weighted by molar-refractivity contribution is 5.76. The van der Waals surface area contributed by atoms with Gasteiger partial charge in [-0.3, -0.25) is 4.79 Å². The average molecular weight is 702 g/mol. The van der Waals surface area contributed by atoms with Crippen LogP contribution in [0.5, 0.6) is 0 Å². The summed E-state index contributed by atoms with van der Waals surface area (Å²) in [5.74, 6) is -0.217. The Morgan fingerprint density at radius 2 is 1.22 bits per heavy atom. The van der Waals surface area contributed by atoms with Gasteiger partial charge in [0.1, 0.15) is 24.4 Å². The number of ether oxygens (including phenoxy) is 2. The average Bonchev–Trinajstić information content (AvgIpc) is 3.11. The van der Waals surface area contributed by atoms with Crippen molar-refractivity contribution in [2.45, 2.75) is 153 Å². The first-order chi connectivity index (χ1) is 24.3. The van der Waals surface area contributed by atoms with Crippen LogP contribution in [0.25, 0.3) is 0 Å². The van der Waals surface area contributed by atoms with Crippen LogP contribution in [0, 0.1) is 0 Å². The van der Waals surface area contributed by atoms with Gasteiger partial charge in [-0.05, 0) is 64.2 Å². The Morgan fingerprint density at radius 1 is 0.700 bits per heavy atom. The minimum atomic E-state index is -1.56. The Bertz CT molecular complexity index is 1050. The second-order valence-electron chi connectivity index (χ2n) is 12.6. The zero-order chi connectivity index (χ0) is 36.7. The molecule has 9 nitrogen and oxygen atoms in total. The van der Waals surface area contributed by atoms with Gasteiger partial charge in [-0.25, -0.2) is 0 Å². The van der Waals surface area contributed by atoms with Crippen LogP contribution in [-0.4, -0.2) is 87.5 Å². The molecule has 284 valence electrons. The van der Waals surface area contributed by atoms with Crippen molar-refractivity contribution >= 4 is 5.91 Å². The number of rotatable bonds is 28. The third-order valence-electron chi connectivity index (χ3n) is 8.26. The first-order valence-electron chi connectivity index (χ1n) is 18.8. The minimum absolute atomic E-state index is 0.171. The molecule has 0 aliphatic carbocycles. The van der Waals surface area contributed by atoms with E-state index < -0.39 is 49.5 Å². The monoisotopic (exact) mass is 701 g/mol. The Kier molecular flexibility index (Phi) is 28.3. The van der Waals surface area contributed by atoms with Crippen LogP contribution in [0.3, 0.4) is 0 Å². The summed E-state index contributed by atoms with van der Waals surface area (Å²) < 4.78 is 11.1. The van der Waals surface area contributed by atoms with Crippen LogP contribution in [0.4, 0.5) is 0 Å². The predicted molar refractivity (Wildman–Crippen MR) is 202 cm³/mol. The highest BCUT2D eigenvalue weighted by Crippen LogP contribution is 2.22. The van der Waals surface area contributed by atoms with Gasteiger partial charge in [0.15, 0.2) is 6.29 Å². The Morgan fingerprint density at radius 3 is 1.72 bits per heavy atom. The Labute approximate surface area is 301 Å². The van der Waals surface area contributed by atoms with Gasteiger partial charge in [-0.15, -0.1) is 0 Å². The Hall–Kier alpha value is -2.63. The number of carbonyl (C=O) groups excluding carboxylic acids is 1. The van der Waals surface area contributed by atoms with Gasteiger partial charge in [-0.2, -0.15) is 0 Å². The molecule has 1 aliphatic heterocycles. The van der Waals surface area contributed by atoms with E-state index in [2.05, 4.69) is 104 Å². The van der Waals surface area contributed by atoms with E-state index in [1.165, 1.54) is 0 Å². The fourth-order valence-corrected chi connectivity index (χ4v) is 5.20. The summed E-state index contributed by atoms with van der Waals surface area (Å²) in [6, 6.07) is -0.750. The number of nitrogens with one attached hydrogen (secondary N) is 1. The molecule has 1 heterocycles. The van der Waals surface area contributed by atoms with E-state index in [0.29, 0.717) is 12.8 Å². The minimum Gasteiger partial charge on any atom is -0.394 e. The lowest BCUT2D eigenvalue weighted by Gasteiger charge is -2.40. The van der Waals surface area contributed by atoms with Crippen molar-refractivity contribution in [2.24, 2.45) is 0 Å². The topological polar surface area (TPSA) is 149 Å². The number of amides is 1. The maximum atomic E-state index is 12.7. The molecule has 9 heteroatoms. The number of hydrogen-bond acceptors (Lipinski definition) is 8. The third kappa shape index (κ3) is 22.2. The molecule has 0 aromatic rings. The van der Waals surface area contributed by atoms with Gasteiger partial charge in [0.05, 0.1) is 25.4 Å². The van der Waals surface area contributed by atoms with Crippen LogP contribution in [0.2, 0.25) is 0 Å². The second-order valence-corrected chi connectivity index (χ2v) is 12.6. The summed E-state index contributed by atoms with van der Waals surface area (Å²) in [5, 5.41) is 53.5. The lowest BCUT2D eigenvalue weighted by atomic mass is 9.99. The van der Waals surface area contributed by atoms with Gasteiger partial charge in [0.25, 0.3) is 0 Å². The van der Waals surface area contributed by atoms with Gasteiger partial charge in [0.2, 0.25) is 5.91 Å². The third-order valence-corrected chi connectivity index (χ3v) is 8.26. The van der Waals surface area contributed by atoms with Crippen LogP contribution in [0.1, 0.15) is 110 Å². The molecule has 6 N–H and O–H groups in total. The molecular formula is C41H67NO8. The lowest BCUT2D eigenvalue weighted by Crippen LogP contribution is -2.60. The largest absolute Gasteiger partial charge is 0.394 e. The fraction of sp³-hybridized carbons (Fsp3) is 0.634. The van der Waals surface area contributed by atoms with E-state index in [4.69, 9.17) is 9.47 Å². The summed E-state index contributed by atoms with van der Waals surface area (Å²) in [5.41, 5.74) is 0. The molecule has 0 spiro atoms. The SMILES string of the molecule is CC/C=C\C/C=C\C/C=C\C/C=C\C/C=C\C/C=C\C/C=C\CCCC(=O)NC(COC1OC(CO)C(O)C(O)C1O)C(O)CCCCCC. The molecule has 1 rings (SSSR count). The summed E-state index contributed by atoms with van der Waals surface area (Å²) >= 11 is 0. The van der Waals surface area contributed by atoms with Crippen molar-refractivity contribution in [3.8, 4) is 0 Å². The van der Waals surface area contributed by atoms with Crippen LogP contribution >= 0.6 is 0 Å². The quantitative estimate of drug-likeness (QED) is 0.0404. The number of unbranched alkanes of at least 4 members (excludes halogenated alkanes) is 4. The summed E-state index contributed by atoms with van der Waals surface area (Å²) in [6.07, 6.45) is 35.2. The number of aliphatic hydroxyl groups excluding tert-OH is 5. The number of allylic oxidation sites excluding steroid dienone is 14. The van der Waals surface area contributed by atoms with E-state index in [1.54, 1.807) is 0 Å². The molecule has 0 radical (unpaired) electrons. The van der Waals surface area contributed by atoms with Crippen molar-refractivity contribution in [3.63, 3.8) is 0 Å². The highest BCUT2D eigenvalue weighted by Gasteiger charge is 2.44. The zero-order valence-electron chi connectivity index (χ0n) is 30.6. The van der Waals surface area contributed by atoms with Crippen LogP contribution in [0.15, 0.2) is 85.1 Å². The maximum absolute atomic E-state index is 12.7. The standard InChI is InChI=1S/C41H67NO8/c1-3-5-7-9-10-11-12-13-14-15-16-17-18-19-20-21-22-23-24-25-26-27-29-31-37(45)42-34(35(44)30-28-8-6-4-2)33-49-41-40(48)39(47)38(46)36(32-43)50-41/h5,7,10-11,13-14,16-17,19-20,22-23,25-26,34-36,38-41,43-44,46-48H,3-4,6,8-9,12,15,18,21,24,27-33H2,1-2H3,(H,42,45)/b7-5-,11-10-,14-13-,17-16-,20-19-,23-22-,26-25-. The van der Waals surface area contributed by atoms with Gasteiger partial charge in [0, 0.05) is 6.42 Å². The number of aliphatic hydroxyl groups is 5. The smallest absolute Gasteiger partial charge is 0.220 e. The summed E-state index contributed by atoms with van der Waals surface area (Å²) in [4.78, 5) is 12.7. The maximum Gasteiger partial charge on any atom is 0.220 e.